The Hall–Kier alpha value is -2.93. The Morgan fingerprint density at radius 3 is 2.57 bits per heavy atom. The van der Waals surface area contributed by atoms with Crippen molar-refractivity contribution < 1.29 is 14.3 Å². The number of benzene rings is 2. The lowest BCUT2D eigenvalue weighted by molar-refractivity contribution is 0.0938. The summed E-state index contributed by atoms with van der Waals surface area (Å²) in [4.78, 5) is 25.1. The quantitative estimate of drug-likeness (QED) is 0.405. The van der Waals surface area contributed by atoms with Gasteiger partial charge in [0.1, 0.15) is 5.75 Å². The van der Waals surface area contributed by atoms with Gasteiger partial charge in [0.05, 0.1) is 17.9 Å². The van der Waals surface area contributed by atoms with E-state index in [0.29, 0.717) is 29.2 Å². The van der Waals surface area contributed by atoms with Crippen LogP contribution in [0.25, 0.3) is 0 Å². The lowest BCUT2D eigenvalue weighted by Crippen LogP contribution is -2.36. The van der Waals surface area contributed by atoms with E-state index < -0.39 is 0 Å². The van der Waals surface area contributed by atoms with Crippen LogP contribution in [0.3, 0.4) is 0 Å². The molecule has 3 N–H and O–H groups in total. The number of anilines is 1. The first-order valence-corrected chi connectivity index (χ1v) is 10.6. The normalized spacial score (nSPS) is 11.3. The standard InChI is InChI=1S/C23H29N3O3S/c1-4-6-14-29-18-11-9-10-17(15-18)21(27)26-23(30)25-20-13-8-7-12-19(20)22(28)24-16(3)5-2/h7-13,15-16H,4-6,14H2,1-3H3,(H,24,28)(H2,25,26,27,30). The third kappa shape index (κ3) is 7.15. The highest BCUT2D eigenvalue weighted by molar-refractivity contribution is 7.80. The van der Waals surface area contributed by atoms with Gasteiger partial charge in [-0.25, -0.2) is 0 Å². The van der Waals surface area contributed by atoms with E-state index in [1.54, 1.807) is 42.5 Å². The summed E-state index contributed by atoms with van der Waals surface area (Å²) >= 11 is 5.28. The Morgan fingerprint density at radius 2 is 1.83 bits per heavy atom. The largest absolute Gasteiger partial charge is 0.494 e. The second kappa shape index (κ2) is 11.9. The highest BCUT2D eigenvalue weighted by Crippen LogP contribution is 2.16. The van der Waals surface area contributed by atoms with E-state index in [4.69, 9.17) is 17.0 Å². The molecule has 0 bridgehead atoms. The van der Waals surface area contributed by atoms with Crippen LogP contribution >= 0.6 is 12.2 Å². The van der Waals surface area contributed by atoms with Crippen LogP contribution in [0.1, 0.15) is 60.7 Å². The van der Waals surface area contributed by atoms with Gasteiger partial charge in [-0.05, 0) is 62.3 Å². The molecule has 1 atom stereocenters. The fraction of sp³-hybridized carbons (Fsp3) is 0.348. The molecule has 0 aliphatic carbocycles. The van der Waals surface area contributed by atoms with E-state index in [9.17, 15) is 9.59 Å². The van der Waals surface area contributed by atoms with Crippen LogP contribution in [0, 0.1) is 0 Å². The van der Waals surface area contributed by atoms with Crippen molar-refractivity contribution in [3.8, 4) is 5.75 Å². The minimum atomic E-state index is -0.352. The van der Waals surface area contributed by atoms with Crippen LogP contribution in [0.5, 0.6) is 5.75 Å². The summed E-state index contributed by atoms with van der Waals surface area (Å²) in [5, 5.41) is 8.64. The van der Waals surface area contributed by atoms with Crippen molar-refractivity contribution in [3.05, 3.63) is 59.7 Å². The fourth-order valence-corrected chi connectivity index (χ4v) is 2.79. The second-order valence-electron chi connectivity index (χ2n) is 6.97. The van der Waals surface area contributed by atoms with Crippen molar-refractivity contribution in [1.82, 2.24) is 10.6 Å². The number of nitrogens with one attached hydrogen (secondary N) is 3. The van der Waals surface area contributed by atoms with Crippen LogP contribution in [0.4, 0.5) is 5.69 Å². The van der Waals surface area contributed by atoms with Crippen molar-refractivity contribution in [2.45, 2.75) is 46.1 Å². The molecule has 2 aromatic rings. The maximum Gasteiger partial charge on any atom is 0.257 e. The van der Waals surface area contributed by atoms with Gasteiger partial charge in [-0.2, -0.15) is 0 Å². The zero-order chi connectivity index (χ0) is 21.9. The Bertz CT molecular complexity index is 886. The van der Waals surface area contributed by atoms with Gasteiger partial charge in [-0.15, -0.1) is 0 Å². The predicted molar refractivity (Wildman–Crippen MR) is 124 cm³/mol. The third-order valence-corrected chi connectivity index (χ3v) is 4.70. The molecule has 2 aromatic carbocycles. The summed E-state index contributed by atoms with van der Waals surface area (Å²) in [6, 6.07) is 14.0. The molecule has 160 valence electrons. The van der Waals surface area contributed by atoms with Crippen molar-refractivity contribution in [2.24, 2.45) is 0 Å². The van der Waals surface area contributed by atoms with Crippen molar-refractivity contribution in [2.75, 3.05) is 11.9 Å². The van der Waals surface area contributed by atoms with E-state index in [1.807, 2.05) is 19.9 Å². The van der Waals surface area contributed by atoms with Crippen molar-refractivity contribution in [1.29, 1.82) is 0 Å². The summed E-state index contributed by atoms with van der Waals surface area (Å²) < 4.78 is 5.65. The molecule has 0 aliphatic heterocycles. The third-order valence-electron chi connectivity index (χ3n) is 4.50. The van der Waals surface area contributed by atoms with Gasteiger partial charge in [0.15, 0.2) is 5.11 Å². The number of carbonyl (C=O) groups is 2. The van der Waals surface area contributed by atoms with Gasteiger partial charge >= 0.3 is 0 Å². The van der Waals surface area contributed by atoms with E-state index >= 15 is 0 Å². The lowest BCUT2D eigenvalue weighted by Gasteiger charge is -2.16. The summed E-state index contributed by atoms with van der Waals surface area (Å²) in [5.41, 5.74) is 1.43. The molecule has 0 saturated carbocycles. The molecule has 2 amide bonds. The zero-order valence-electron chi connectivity index (χ0n) is 17.7. The first kappa shape index (κ1) is 23.3. The minimum absolute atomic E-state index is 0.0593. The van der Waals surface area contributed by atoms with E-state index in [0.717, 1.165) is 19.3 Å². The average Bonchev–Trinajstić information content (AvgIpc) is 2.74. The SMILES string of the molecule is CCCCOc1cccc(C(=O)NC(=S)Nc2ccccc2C(=O)NC(C)CC)c1. The predicted octanol–water partition coefficient (Wildman–Crippen LogP) is 4.52. The molecule has 0 spiro atoms. The van der Waals surface area contributed by atoms with Gasteiger partial charge < -0.3 is 15.4 Å². The number of carbonyl (C=O) groups excluding carboxylic acids is 2. The van der Waals surface area contributed by atoms with Crippen LogP contribution in [0.15, 0.2) is 48.5 Å². The maximum absolute atomic E-state index is 12.6. The van der Waals surface area contributed by atoms with Crippen LogP contribution in [-0.4, -0.2) is 29.6 Å². The number of hydrogen-bond donors (Lipinski definition) is 3. The Balaban J connectivity index is 2.02. The molecule has 0 aromatic heterocycles. The number of unbranched alkanes of at least 4 members (excludes halogenated alkanes) is 1. The van der Waals surface area contributed by atoms with Crippen LogP contribution in [-0.2, 0) is 0 Å². The molecular weight excluding hydrogens is 398 g/mol. The fourth-order valence-electron chi connectivity index (χ4n) is 2.58. The summed E-state index contributed by atoms with van der Waals surface area (Å²) in [7, 11) is 0. The first-order valence-electron chi connectivity index (χ1n) is 10.2. The number of rotatable bonds is 9. The summed E-state index contributed by atoms with van der Waals surface area (Å²) in [5.74, 6) is 0.0931. The van der Waals surface area contributed by atoms with E-state index in [-0.39, 0.29) is 23.0 Å². The van der Waals surface area contributed by atoms with E-state index in [1.165, 1.54) is 0 Å². The maximum atomic E-state index is 12.6. The molecule has 6 nitrogen and oxygen atoms in total. The summed E-state index contributed by atoms with van der Waals surface area (Å²) in [6.07, 6.45) is 2.82. The van der Waals surface area contributed by atoms with Gasteiger partial charge in [0.25, 0.3) is 11.8 Å². The Morgan fingerprint density at radius 1 is 1.07 bits per heavy atom. The second-order valence-corrected chi connectivity index (χ2v) is 7.37. The molecule has 0 saturated heterocycles. The molecule has 0 heterocycles. The molecule has 0 radical (unpaired) electrons. The average molecular weight is 428 g/mol. The van der Waals surface area contributed by atoms with Crippen molar-refractivity contribution >= 4 is 34.8 Å². The van der Waals surface area contributed by atoms with Crippen LogP contribution < -0.4 is 20.7 Å². The topological polar surface area (TPSA) is 79.5 Å². The number of amides is 2. The highest BCUT2D eigenvalue weighted by atomic mass is 32.1. The first-order chi connectivity index (χ1) is 14.4. The molecule has 30 heavy (non-hydrogen) atoms. The molecule has 7 heteroatoms. The number of para-hydroxylation sites is 1. The molecule has 0 aliphatic rings. The van der Waals surface area contributed by atoms with Gasteiger partial charge in [-0.3, -0.25) is 14.9 Å². The molecular formula is C23H29N3O3S. The number of hydrogen-bond acceptors (Lipinski definition) is 4. The van der Waals surface area contributed by atoms with Gasteiger partial charge in [0.2, 0.25) is 0 Å². The molecule has 0 fully saturated rings. The monoisotopic (exact) mass is 427 g/mol. The molecule has 1 unspecified atom stereocenters. The van der Waals surface area contributed by atoms with Gasteiger partial charge in [0, 0.05) is 11.6 Å². The zero-order valence-corrected chi connectivity index (χ0v) is 18.5. The van der Waals surface area contributed by atoms with E-state index in [2.05, 4.69) is 22.9 Å². The smallest absolute Gasteiger partial charge is 0.257 e. The van der Waals surface area contributed by atoms with Gasteiger partial charge in [-0.1, -0.05) is 38.5 Å². The highest BCUT2D eigenvalue weighted by Gasteiger charge is 2.15. The number of thiocarbonyl (C=S) groups is 1. The molecule has 2 rings (SSSR count). The number of ether oxygens (including phenoxy) is 1. The Labute approximate surface area is 183 Å². The summed E-state index contributed by atoms with van der Waals surface area (Å²) in [6.45, 7) is 6.65. The Kier molecular flexibility index (Phi) is 9.28. The van der Waals surface area contributed by atoms with Crippen molar-refractivity contribution in [3.63, 3.8) is 0 Å². The van der Waals surface area contributed by atoms with Crippen LogP contribution in [0.2, 0.25) is 0 Å². The minimum Gasteiger partial charge on any atom is -0.494 e. The lowest BCUT2D eigenvalue weighted by atomic mass is 10.1.